The number of hydrogen-bond acceptors (Lipinski definition) is 2. The van der Waals surface area contributed by atoms with E-state index in [9.17, 15) is 9.59 Å². The molecule has 4 nitrogen and oxygen atoms in total. The third-order valence-electron chi connectivity index (χ3n) is 5.34. The van der Waals surface area contributed by atoms with Crippen LogP contribution in [0.4, 0.5) is 0 Å². The van der Waals surface area contributed by atoms with Gasteiger partial charge in [0.05, 0.1) is 12.0 Å². The van der Waals surface area contributed by atoms with Gasteiger partial charge in [0.2, 0.25) is 5.91 Å². The smallest absolute Gasteiger partial charge is 0.335 e. The zero-order valence-electron chi connectivity index (χ0n) is 14.1. The second-order valence-corrected chi connectivity index (χ2v) is 6.99. The number of rotatable bonds is 3. The fourth-order valence-electron chi connectivity index (χ4n) is 3.92. The van der Waals surface area contributed by atoms with Crippen molar-refractivity contribution in [1.82, 2.24) is 4.90 Å². The summed E-state index contributed by atoms with van der Waals surface area (Å²) in [5, 5.41) is 9.15. The maximum atomic E-state index is 12.7. The summed E-state index contributed by atoms with van der Waals surface area (Å²) in [4.78, 5) is 25.7. The molecule has 2 aromatic rings. The first kappa shape index (κ1) is 15.9. The highest BCUT2D eigenvalue weighted by Crippen LogP contribution is 2.24. The molecule has 25 heavy (non-hydrogen) atoms. The quantitative estimate of drug-likeness (QED) is 0.938. The van der Waals surface area contributed by atoms with Crippen molar-refractivity contribution in [3.63, 3.8) is 0 Å². The van der Waals surface area contributed by atoms with Gasteiger partial charge >= 0.3 is 5.97 Å². The van der Waals surface area contributed by atoms with Crippen LogP contribution in [0, 0.1) is 0 Å². The number of carboxylic acid groups (broad SMARTS) is 1. The molecule has 1 aliphatic carbocycles. The normalized spacial score (nSPS) is 15.6. The van der Waals surface area contributed by atoms with Gasteiger partial charge in [0, 0.05) is 13.1 Å². The average Bonchev–Trinajstić information content (AvgIpc) is 3.08. The Morgan fingerprint density at radius 1 is 0.920 bits per heavy atom. The van der Waals surface area contributed by atoms with Gasteiger partial charge in [-0.15, -0.1) is 0 Å². The highest BCUT2D eigenvalue weighted by molar-refractivity contribution is 5.88. The van der Waals surface area contributed by atoms with E-state index in [0.29, 0.717) is 19.5 Å². The van der Waals surface area contributed by atoms with Crippen LogP contribution < -0.4 is 0 Å². The van der Waals surface area contributed by atoms with Crippen molar-refractivity contribution >= 4 is 11.9 Å². The number of benzene rings is 2. The van der Waals surface area contributed by atoms with Crippen LogP contribution in [0.5, 0.6) is 0 Å². The van der Waals surface area contributed by atoms with E-state index in [1.807, 2.05) is 11.0 Å². The van der Waals surface area contributed by atoms with Crippen LogP contribution in [-0.2, 0) is 37.0 Å². The Kier molecular flexibility index (Phi) is 4.04. The molecule has 0 radical (unpaired) electrons. The summed E-state index contributed by atoms with van der Waals surface area (Å²) < 4.78 is 0. The van der Waals surface area contributed by atoms with E-state index in [2.05, 4.69) is 18.2 Å². The van der Waals surface area contributed by atoms with Crippen molar-refractivity contribution in [2.75, 3.05) is 6.54 Å². The van der Waals surface area contributed by atoms with Crippen molar-refractivity contribution in [2.24, 2.45) is 0 Å². The fourth-order valence-corrected chi connectivity index (χ4v) is 3.92. The monoisotopic (exact) mass is 335 g/mol. The van der Waals surface area contributed by atoms with Crippen molar-refractivity contribution in [1.29, 1.82) is 0 Å². The van der Waals surface area contributed by atoms with Crippen molar-refractivity contribution < 1.29 is 14.7 Å². The van der Waals surface area contributed by atoms with Crippen LogP contribution in [-0.4, -0.2) is 28.4 Å². The van der Waals surface area contributed by atoms with Gasteiger partial charge < -0.3 is 10.0 Å². The van der Waals surface area contributed by atoms with Gasteiger partial charge in [0.15, 0.2) is 0 Å². The second kappa shape index (κ2) is 6.36. The van der Waals surface area contributed by atoms with E-state index < -0.39 is 5.97 Å². The molecule has 0 bridgehead atoms. The van der Waals surface area contributed by atoms with Gasteiger partial charge in [0.1, 0.15) is 0 Å². The summed E-state index contributed by atoms with van der Waals surface area (Å²) in [7, 11) is 0. The van der Waals surface area contributed by atoms with Crippen LogP contribution in [0.1, 0.15) is 44.6 Å². The molecule has 128 valence electrons. The Morgan fingerprint density at radius 3 is 2.52 bits per heavy atom. The standard InChI is InChI=1S/C21H21NO3/c23-20(11-14-4-5-15-2-1-3-17(15)10-14)22-9-8-16-6-7-18(21(24)25)12-19(16)13-22/h4-7,10,12H,1-3,8-9,11,13H2,(H,24,25). The molecule has 0 spiro atoms. The molecule has 1 heterocycles. The number of hydrogen-bond donors (Lipinski definition) is 1. The Morgan fingerprint density at radius 2 is 1.68 bits per heavy atom. The number of nitrogens with zero attached hydrogens (tertiary/aromatic N) is 1. The SMILES string of the molecule is O=C(O)c1ccc2c(c1)CN(C(=O)Cc1ccc3c(c1)CCC3)CC2. The molecule has 2 aliphatic rings. The van der Waals surface area contributed by atoms with E-state index in [-0.39, 0.29) is 11.5 Å². The highest BCUT2D eigenvalue weighted by Gasteiger charge is 2.22. The Labute approximate surface area is 147 Å². The topological polar surface area (TPSA) is 57.6 Å². The fraction of sp³-hybridized carbons (Fsp3) is 0.333. The first-order valence-corrected chi connectivity index (χ1v) is 8.84. The molecule has 0 saturated carbocycles. The van der Waals surface area contributed by atoms with E-state index in [0.717, 1.165) is 36.0 Å². The van der Waals surface area contributed by atoms with Crippen LogP contribution in [0.2, 0.25) is 0 Å². The predicted molar refractivity (Wildman–Crippen MR) is 94.7 cm³/mol. The molecule has 0 aromatic heterocycles. The molecular weight excluding hydrogens is 314 g/mol. The number of fused-ring (bicyclic) bond motifs is 2. The number of aryl methyl sites for hydroxylation is 2. The summed E-state index contributed by atoms with van der Waals surface area (Å²) >= 11 is 0. The largest absolute Gasteiger partial charge is 0.478 e. The van der Waals surface area contributed by atoms with Crippen LogP contribution >= 0.6 is 0 Å². The number of carbonyl (C=O) groups excluding carboxylic acids is 1. The lowest BCUT2D eigenvalue weighted by atomic mass is 9.96. The molecule has 1 amide bonds. The summed E-state index contributed by atoms with van der Waals surface area (Å²) in [6, 6.07) is 11.6. The number of amides is 1. The Bertz CT molecular complexity index is 856. The van der Waals surface area contributed by atoms with Crippen molar-refractivity contribution in [2.45, 2.75) is 38.6 Å². The molecule has 4 rings (SSSR count). The molecule has 1 N–H and O–H groups in total. The lowest BCUT2D eigenvalue weighted by Gasteiger charge is -2.29. The van der Waals surface area contributed by atoms with Crippen LogP contribution in [0.3, 0.4) is 0 Å². The minimum absolute atomic E-state index is 0.115. The van der Waals surface area contributed by atoms with E-state index >= 15 is 0 Å². The summed E-state index contributed by atoms with van der Waals surface area (Å²) in [6.07, 6.45) is 4.68. The molecule has 0 unspecified atom stereocenters. The molecule has 1 aliphatic heterocycles. The van der Waals surface area contributed by atoms with Gasteiger partial charge in [0.25, 0.3) is 0 Å². The first-order chi connectivity index (χ1) is 12.1. The van der Waals surface area contributed by atoms with Crippen LogP contribution in [0.25, 0.3) is 0 Å². The van der Waals surface area contributed by atoms with Gasteiger partial charge in [-0.2, -0.15) is 0 Å². The Balaban J connectivity index is 1.48. The van der Waals surface area contributed by atoms with Crippen molar-refractivity contribution in [3.05, 3.63) is 69.8 Å². The molecule has 4 heteroatoms. The molecule has 2 aromatic carbocycles. The van der Waals surface area contributed by atoms with Gasteiger partial charge in [-0.3, -0.25) is 4.79 Å². The minimum atomic E-state index is -0.926. The molecule has 0 atom stereocenters. The van der Waals surface area contributed by atoms with E-state index in [1.54, 1.807) is 12.1 Å². The molecule has 0 fully saturated rings. The number of carboxylic acids is 1. The summed E-state index contributed by atoms with van der Waals surface area (Å²) in [5.41, 5.74) is 6.27. The number of carbonyl (C=O) groups is 2. The van der Waals surface area contributed by atoms with E-state index in [4.69, 9.17) is 5.11 Å². The molecular formula is C21H21NO3. The maximum Gasteiger partial charge on any atom is 0.335 e. The van der Waals surface area contributed by atoms with Gasteiger partial charge in [-0.25, -0.2) is 4.79 Å². The van der Waals surface area contributed by atoms with Crippen molar-refractivity contribution in [3.8, 4) is 0 Å². The lowest BCUT2D eigenvalue weighted by molar-refractivity contribution is -0.131. The predicted octanol–water partition coefficient (Wildman–Crippen LogP) is 3.00. The first-order valence-electron chi connectivity index (χ1n) is 8.84. The third-order valence-corrected chi connectivity index (χ3v) is 5.34. The Hall–Kier alpha value is -2.62. The van der Waals surface area contributed by atoms with Crippen LogP contribution in [0.15, 0.2) is 36.4 Å². The lowest BCUT2D eigenvalue weighted by Crippen LogP contribution is -2.37. The molecule has 0 saturated heterocycles. The zero-order valence-corrected chi connectivity index (χ0v) is 14.1. The number of aromatic carboxylic acids is 1. The minimum Gasteiger partial charge on any atom is -0.478 e. The summed E-state index contributed by atoms with van der Waals surface area (Å²) in [5.74, 6) is -0.811. The second-order valence-electron chi connectivity index (χ2n) is 6.99. The summed E-state index contributed by atoms with van der Waals surface area (Å²) in [6.45, 7) is 1.20. The average molecular weight is 335 g/mol. The van der Waals surface area contributed by atoms with E-state index in [1.165, 1.54) is 17.5 Å². The highest BCUT2D eigenvalue weighted by atomic mass is 16.4. The third kappa shape index (κ3) is 3.16. The maximum absolute atomic E-state index is 12.7. The van der Waals surface area contributed by atoms with Gasteiger partial charge in [-0.1, -0.05) is 24.3 Å². The zero-order chi connectivity index (χ0) is 17.4. The van der Waals surface area contributed by atoms with Gasteiger partial charge in [-0.05, 0) is 65.6 Å².